The Kier molecular flexibility index (Phi) is 9.27. The molecule has 2 nitrogen and oxygen atoms in total. The number of hydrogen-bond acceptors (Lipinski definition) is 2. The third-order valence-corrected chi connectivity index (χ3v) is 5.88. The summed E-state index contributed by atoms with van der Waals surface area (Å²) in [7, 11) is 0. The Balaban J connectivity index is 2.46. The molecule has 0 amide bonds. The Morgan fingerprint density at radius 2 is 2.00 bits per heavy atom. The van der Waals surface area contributed by atoms with Gasteiger partial charge in [0.2, 0.25) is 0 Å². The summed E-state index contributed by atoms with van der Waals surface area (Å²) in [5.74, 6) is -0.475. The van der Waals surface area contributed by atoms with Gasteiger partial charge in [-0.05, 0) is 80.4 Å². The minimum atomic E-state index is -0.475. The van der Waals surface area contributed by atoms with Crippen LogP contribution in [0.15, 0.2) is 58.7 Å². The van der Waals surface area contributed by atoms with Gasteiger partial charge in [0.25, 0.3) is 0 Å². The molecule has 0 heterocycles. The van der Waals surface area contributed by atoms with E-state index in [4.69, 9.17) is 11.0 Å². The molecule has 2 N–H and O–H groups in total. The largest absolute Gasteiger partial charge is 0.327 e. The van der Waals surface area contributed by atoms with Crippen molar-refractivity contribution in [2.24, 2.45) is 5.73 Å². The van der Waals surface area contributed by atoms with Gasteiger partial charge in [0.1, 0.15) is 11.9 Å². The minimum absolute atomic E-state index is 0.0745. The maximum atomic E-state index is 14.4. The smallest absolute Gasteiger partial charge is 0.141 e. The molecule has 0 spiro atoms. The molecule has 0 saturated heterocycles. The Bertz CT molecular complexity index is 909. The van der Waals surface area contributed by atoms with Gasteiger partial charge in [0, 0.05) is 6.04 Å². The van der Waals surface area contributed by atoms with Gasteiger partial charge in [-0.1, -0.05) is 62.1 Å². The first-order valence-corrected chi connectivity index (χ1v) is 11.1. The molecule has 0 aliphatic heterocycles. The summed E-state index contributed by atoms with van der Waals surface area (Å²) >= 11 is 0. The van der Waals surface area contributed by atoms with Crippen LogP contribution >= 0.6 is 0 Å². The van der Waals surface area contributed by atoms with Crippen molar-refractivity contribution in [3.8, 4) is 6.07 Å². The first-order chi connectivity index (χ1) is 14.4. The standard InChI is InChI=1S/C27H35FN2/c1-5-7-8-25(30)15-19(3)16-26(23-13-14-24(18-29)27(28)17-23)20(4)22-11-9-21(6-2)10-12-22/h9,11,13-14,16-17,25H,5-8,10,12,15,30H2,1-4H3/b19-16+,26-20-. The average molecular weight is 407 g/mol. The van der Waals surface area contributed by atoms with Crippen molar-refractivity contribution in [2.75, 3.05) is 0 Å². The van der Waals surface area contributed by atoms with Crippen molar-refractivity contribution in [1.29, 1.82) is 5.26 Å². The van der Waals surface area contributed by atoms with E-state index in [1.807, 2.05) is 12.1 Å². The monoisotopic (exact) mass is 406 g/mol. The molecule has 1 aliphatic rings. The van der Waals surface area contributed by atoms with Gasteiger partial charge in [-0.15, -0.1) is 0 Å². The fraction of sp³-hybridized carbons (Fsp3) is 0.444. The van der Waals surface area contributed by atoms with Crippen molar-refractivity contribution in [3.63, 3.8) is 0 Å². The van der Waals surface area contributed by atoms with Gasteiger partial charge >= 0.3 is 0 Å². The lowest BCUT2D eigenvalue weighted by molar-refractivity contribution is 0.572. The van der Waals surface area contributed by atoms with E-state index in [1.54, 1.807) is 6.07 Å². The molecule has 0 fully saturated rings. The van der Waals surface area contributed by atoms with Crippen LogP contribution in [-0.4, -0.2) is 6.04 Å². The molecule has 0 bridgehead atoms. The van der Waals surface area contributed by atoms with Gasteiger partial charge in [-0.2, -0.15) is 5.26 Å². The summed E-state index contributed by atoms with van der Waals surface area (Å²) in [6, 6.07) is 6.95. The molecule has 0 saturated carbocycles. The van der Waals surface area contributed by atoms with Crippen LogP contribution in [0.2, 0.25) is 0 Å². The first kappa shape index (κ1) is 23.8. The van der Waals surface area contributed by atoms with Gasteiger partial charge < -0.3 is 5.73 Å². The molecule has 0 aromatic heterocycles. The average Bonchev–Trinajstić information content (AvgIpc) is 2.75. The van der Waals surface area contributed by atoms with Crippen molar-refractivity contribution in [1.82, 2.24) is 0 Å². The molecule has 0 radical (unpaired) electrons. The van der Waals surface area contributed by atoms with Gasteiger partial charge in [0.15, 0.2) is 0 Å². The Morgan fingerprint density at radius 3 is 2.57 bits per heavy atom. The lowest BCUT2D eigenvalue weighted by Gasteiger charge is -2.19. The number of hydrogen-bond donors (Lipinski definition) is 1. The summed E-state index contributed by atoms with van der Waals surface area (Å²) in [5, 5.41) is 9.08. The Morgan fingerprint density at radius 1 is 1.23 bits per heavy atom. The fourth-order valence-electron chi connectivity index (χ4n) is 3.93. The number of nitrogens with two attached hydrogens (primary N) is 1. The molecule has 1 atom stereocenters. The molecule has 1 aliphatic carbocycles. The van der Waals surface area contributed by atoms with E-state index in [2.05, 4.69) is 45.9 Å². The first-order valence-electron chi connectivity index (χ1n) is 11.1. The summed E-state index contributed by atoms with van der Waals surface area (Å²) < 4.78 is 14.4. The minimum Gasteiger partial charge on any atom is -0.327 e. The topological polar surface area (TPSA) is 49.8 Å². The third kappa shape index (κ3) is 6.54. The molecule has 1 aromatic rings. The van der Waals surface area contributed by atoms with E-state index in [0.29, 0.717) is 0 Å². The number of nitrogens with zero attached hydrogens (tertiary/aromatic N) is 1. The zero-order valence-corrected chi connectivity index (χ0v) is 18.9. The van der Waals surface area contributed by atoms with Crippen molar-refractivity contribution < 1.29 is 4.39 Å². The number of allylic oxidation sites excluding steroid dienone is 7. The number of unbranched alkanes of at least 4 members (excludes halogenated alkanes) is 1. The molecular weight excluding hydrogens is 371 g/mol. The van der Waals surface area contributed by atoms with E-state index >= 15 is 0 Å². The predicted octanol–water partition coefficient (Wildman–Crippen LogP) is 7.38. The van der Waals surface area contributed by atoms with Gasteiger partial charge in [-0.25, -0.2) is 4.39 Å². The van der Waals surface area contributed by atoms with Crippen LogP contribution in [0.25, 0.3) is 5.57 Å². The van der Waals surface area contributed by atoms with Crippen LogP contribution in [-0.2, 0) is 0 Å². The number of halogens is 1. The van der Waals surface area contributed by atoms with E-state index in [-0.39, 0.29) is 11.6 Å². The van der Waals surface area contributed by atoms with Crippen LogP contribution < -0.4 is 5.73 Å². The second-order valence-electron chi connectivity index (χ2n) is 8.31. The molecule has 1 aromatic carbocycles. The van der Waals surface area contributed by atoms with Crippen LogP contribution in [0.3, 0.4) is 0 Å². The molecule has 3 heteroatoms. The summed E-state index contributed by atoms with van der Waals surface area (Å²) in [6.45, 7) is 8.58. The Hall–Kier alpha value is -2.44. The van der Waals surface area contributed by atoms with Crippen molar-refractivity contribution >= 4 is 5.57 Å². The predicted molar refractivity (Wildman–Crippen MR) is 125 cm³/mol. The summed E-state index contributed by atoms with van der Waals surface area (Å²) in [5.41, 5.74) is 13.3. The summed E-state index contributed by atoms with van der Waals surface area (Å²) in [6.07, 6.45) is 13.8. The van der Waals surface area contributed by atoms with Crippen LogP contribution in [0.1, 0.15) is 83.8 Å². The van der Waals surface area contributed by atoms with E-state index < -0.39 is 5.82 Å². The highest BCUT2D eigenvalue weighted by molar-refractivity contribution is 5.80. The quantitative estimate of drug-likeness (QED) is 0.435. The van der Waals surface area contributed by atoms with Crippen LogP contribution in [0.4, 0.5) is 4.39 Å². The third-order valence-electron chi connectivity index (χ3n) is 5.88. The zero-order chi connectivity index (χ0) is 22.1. The Labute approximate surface area is 181 Å². The van der Waals surface area contributed by atoms with Gasteiger partial charge in [-0.3, -0.25) is 0 Å². The maximum Gasteiger partial charge on any atom is 0.141 e. The molecular formula is C27H35FN2. The number of nitriles is 1. The number of benzene rings is 1. The number of rotatable bonds is 9. The lowest BCUT2D eigenvalue weighted by atomic mass is 9.87. The zero-order valence-electron chi connectivity index (χ0n) is 18.9. The SMILES string of the molecule is CCCCC(N)C/C(C)=C/C(=C(\C)C1=CC=C(CC)CC1)c1ccc(C#N)c(F)c1. The highest BCUT2D eigenvalue weighted by atomic mass is 19.1. The van der Waals surface area contributed by atoms with Crippen molar-refractivity contribution in [3.05, 3.63) is 75.7 Å². The van der Waals surface area contributed by atoms with E-state index in [9.17, 15) is 4.39 Å². The van der Waals surface area contributed by atoms with E-state index in [1.165, 1.54) is 22.8 Å². The van der Waals surface area contributed by atoms with Crippen LogP contribution in [0.5, 0.6) is 0 Å². The van der Waals surface area contributed by atoms with Crippen molar-refractivity contribution in [2.45, 2.75) is 78.7 Å². The molecule has 2 rings (SSSR count). The maximum absolute atomic E-state index is 14.4. The molecule has 160 valence electrons. The van der Waals surface area contributed by atoms with Gasteiger partial charge in [0.05, 0.1) is 5.56 Å². The summed E-state index contributed by atoms with van der Waals surface area (Å²) in [4.78, 5) is 0. The van der Waals surface area contributed by atoms with E-state index in [0.717, 1.165) is 61.7 Å². The lowest BCUT2D eigenvalue weighted by Crippen LogP contribution is -2.19. The normalized spacial score (nSPS) is 16.4. The highest BCUT2D eigenvalue weighted by Crippen LogP contribution is 2.33. The fourth-order valence-corrected chi connectivity index (χ4v) is 3.93. The second-order valence-corrected chi connectivity index (χ2v) is 8.31. The second kappa shape index (κ2) is 11.7. The highest BCUT2D eigenvalue weighted by Gasteiger charge is 2.14. The molecule has 30 heavy (non-hydrogen) atoms. The van der Waals surface area contributed by atoms with Crippen LogP contribution in [0, 0.1) is 17.1 Å². The molecule has 1 unspecified atom stereocenters.